The number of carbonyl (C=O) groups excluding carboxylic acids is 2. The third kappa shape index (κ3) is 2.79. The first kappa shape index (κ1) is 15.7. The fraction of sp³-hybridized carbons (Fsp3) is 0.167. The van der Waals surface area contributed by atoms with Crippen molar-refractivity contribution in [2.75, 3.05) is 6.61 Å². The van der Waals surface area contributed by atoms with E-state index in [4.69, 9.17) is 5.73 Å². The number of hydrogen-bond donors (Lipinski definition) is 1. The minimum atomic E-state index is -2.16. The fourth-order valence-corrected chi connectivity index (χ4v) is 1.33. The molecule has 2 N–H and O–H groups in total. The van der Waals surface area contributed by atoms with Crippen LogP contribution in [0.5, 0.6) is 0 Å². The Morgan fingerprint density at radius 3 is 2.30 bits per heavy atom. The average molecular weight is 291 g/mol. The molecule has 0 saturated heterocycles. The molecule has 0 fully saturated rings. The first-order valence-electron chi connectivity index (χ1n) is 5.31. The molecule has 0 amide bonds. The molecule has 0 aliphatic heterocycles. The lowest BCUT2D eigenvalue weighted by molar-refractivity contribution is -0.138. The summed E-state index contributed by atoms with van der Waals surface area (Å²) < 4.78 is 56.7. The van der Waals surface area contributed by atoms with Gasteiger partial charge in [-0.05, 0) is 13.0 Å². The number of carbonyl (C=O) groups is 2. The molecule has 4 nitrogen and oxygen atoms in total. The van der Waals surface area contributed by atoms with Crippen molar-refractivity contribution in [3.05, 3.63) is 46.7 Å². The highest BCUT2D eigenvalue weighted by atomic mass is 19.2. The van der Waals surface area contributed by atoms with Crippen LogP contribution in [0.3, 0.4) is 0 Å². The Labute approximate surface area is 110 Å². The monoisotopic (exact) mass is 291 g/mol. The molecule has 0 aliphatic carbocycles. The zero-order chi connectivity index (χ0) is 15.4. The third-order valence-corrected chi connectivity index (χ3v) is 2.25. The zero-order valence-corrected chi connectivity index (χ0v) is 10.2. The largest absolute Gasteiger partial charge is 0.462 e. The highest BCUT2D eigenvalue weighted by Crippen LogP contribution is 2.21. The lowest BCUT2D eigenvalue weighted by Gasteiger charge is -2.07. The molecule has 20 heavy (non-hydrogen) atoms. The van der Waals surface area contributed by atoms with Crippen molar-refractivity contribution in [3.63, 3.8) is 0 Å². The van der Waals surface area contributed by atoms with Crippen LogP contribution in [0.4, 0.5) is 17.6 Å². The molecule has 0 aromatic heterocycles. The predicted octanol–water partition coefficient (Wildman–Crippen LogP) is 1.83. The quantitative estimate of drug-likeness (QED) is 0.134. The van der Waals surface area contributed by atoms with Gasteiger partial charge < -0.3 is 10.5 Å². The average Bonchev–Trinajstić information content (AvgIpc) is 2.41. The van der Waals surface area contributed by atoms with Gasteiger partial charge in [-0.1, -0.05) is 0 Å². The minimum Gasteiger partial charge on any atom is -0.462 e. The normalized spacial score (nSPS) is 11.3. The molecule has 108 valence electrons. The van der Waals surface area contributed by atoms with Crippen molar-refractivity contribution in [3.8, 4) is 0 Å². The molecule has 0 heterocycles. The predicted molar refractivity (Wildman–Crippen MR) is 59.5 cm³/mol. The summed E-state index contributed by atoms with van der Waals surface area (Å²) in [6, 6.07) is 0.138. The van der Waals surface area contributed by atoms with E-state index in [9.17, 15) is 27.2 Å². The van der Waals surface area contributed by atoms with E-state index in [2.05, 4.69) is 4.74 Å². The summed E-state index contributed by atoms with van der Waals surface area (Å²) in [6.45, 7) is 1.34. The molecule has 0 spiro atoms. The third-order valence-electron chi connectivity index (χ3n) is 2.25. The molecule has 0 unspecified atom stereocenters. The Morgan fingerprint density at radius 1 is 1.20 bits per heavy atom. The van der Waals surface area contributed by atoms with Crippen molar-refractivity contribution in [2.45, 2.75) is 6.92 Å². The maximum absolute atomic E-state index is 13.4. The van der Waals surface area contributed by atoms with Crippen molar-refractivity contribution in [1.82, 2.24) is 0 Å². The second-order valence-electron chi connectivity index (χ2n) is 3.48. The number of halogens is 4. The standard InChI is InChI=1S/C12H9F4NO3/c1-2-20-12(19)6(4-17)11(18)5-3-7(13)9(15)10(16)8(5)14/h3-4H,2,17H2,1H3/b6-4+. The van der Waals surface area contributed by atoms with E-state index < -0.39 is 46.2 Å². The van der Waals surface area contributed by atoms with Crippen LogP contribution in [-0.4, -0.2) is 18.4 Å². The van der Waals surface area contributed by atoms with Crippen molar-refractivity contribution >= 4 is 11.8 Å². The van der Waals surface area contributed by atoms with Gasteiger partial charge in [0, 0.05) is 6.20 Å². The Kier molecular flexibility index (Phi) is 4.84. The Morgan fingerprint density at radius 2 is 1.80 bits per heavy atom. The number of rotatable bonds is 4. The molecule has 0 radical (unpaired) electrons. The molecule has 0 aliphatic rings. The van der Waals surface area contributed by atoms with Crippen LogP contribution in [0.2, 0.25) is 0 Å². The molecule has 0 saturated carbocycles. The van der Waals surface area contributed by atoms with E-state index in [-0.39, 0.29) is 12.7 Å². The summed E-state index contributed by atoms with van der Waals surface area (Å²) in [5.41, 5.74) is 3.05. The first-order valence-corrected chi connectivity index (χ1v) is 5.31. The summed E-state index contributed by atoms with van der Waals surface area (Å²) in [5.74, 6) is -10.5. The van der Waals surface area contributed by atoms with Gasteiger partial charge in [0.1, 0.15) is 5.57 Å². The maximum Gasteiger partial charge on any atom is 0.343 e. The summed E-state index contributed by atoms with van der Waals surface area (Å²) in [5, 5.41) is 0. The molecular formula is C12H9F4NO3. The van der Waals surface area contributed by atoms with Crippen LogP contribution in [0.25, 0.3) is 0 Å². The molecular weight excluding hydrogens is 282 g/mol. The van der Waals surface area contributed by atoms with E-state index >= 15 is 0 Å². The van der Waals surface area contributed by atoms with Crippen molar-refractivity contribution < 1.29 is 31.9 Å². The molecule has 1 aromatic rings. The van der Waals surface area contributed by atoms with Crippen LogP contribution in [-0.2, 0) is 9.53 Å². The number of esters is 1. The summed E-state index contributed by atoms with van der Waals surface area (Å²) in [6.07, 6.45) is 0.513. The highest BCUT2D eigenvalue weighted by Gasteiger charge is 2.28. The van der Waals surface area contributed by atoms with Gasteiger partial charge in [-0.2, -0.15) is 0 Å². The van der Waals surface area contributed by atoms with Crippen LogP contribution in [0, 0.1) is 23.3 Å². The number of ketones is 1. The van der Waals surface area contributed by atoms with E-state index in [1.165, 1.54) is 6.92 Å². The lowest BCUT2D eigenvalue weighted by atomic mass is 10.0. The molecule has 8 heteroatoms. The Bertz CT molecular complexity index is 599. The van der Waals surface area contributed by atoms with Gasteiger partial charge in [-0.3, -0.25) is 4.79 Å². The molecule has 0 bridgehead atoms. The van der Waals surface area contributed by atoms with E-state index in [0.717, 1.165) is 0 Å². The molecule has 1 aromatic carbocycles. The topological polar surface area (TPSA) is 69.4 Å². The number of Topliss-reactive ketones (excluding diaryl/α,β-unsaturated/α-hetero) is 1. The van der Waals surface area contributed by atoms with Gasteiger partial charge in [0.2, 0.25) is 5.78 Å². The Hall–Kier alpha value is -2.38. The number of ether oxygens (including phenoxy) is 1. The second kappa shape index (κ2) is 6.18. The van der Waals surface area contributed by atoms with Gasteiger partial charge in [0.05, 0.1) is 12.2 Å². The maximum atomic E-state index is 13.4. The minimum absolute atomic E-state index is 0.0991. The van der Waals surface area contributed by atoms with Crippen LogP contribution in [0.15, 0.2) is 17.8 Å². The van der Waals surface area contributed by atoms with Gasteiger partial charge in [0.15, 0.2) is 23.3 Å². The number of hydrogen-bond acceptors (Lipinski definition) is 4. The highest BCUT2D eigenvalue weighted by molar-refractivity contribution is 6.24. The van der Waals surface area contributed by atoms with Gasteiger partial charge >= 0.3 is 5.97 Å². The second-order valence-corrected chi connectivity index (χ2v) is 3.48. The molecule has 1 rings (SSSR count). The zero-order valence-electron chi connectivity index (χ0n) is 10.2. The summed E-state index contributed by atoms with van der Waals surface area (Å²) in [7, 11) is 0. The lowest BCUT2D eigenvalue weighted by Crippen LogP contribution is -2.19. The summed E-state index contributed by atoms with van der Waals surface area (Å²) >= 11 is 0. The van der Waals surface area contributed by atoms with E-state index in [1.54, 1.807) is 0 Å². The van der Waals surface area contributed by atoms with Gasteiger partial charge in [0.25, 0.3) is 0 Å². The van der Waals surface area contributed by atoms with Gasteiger partial charge in [-0.25, -0.2) is 22.4 Å². The van der Waals surface area contributed by atoms with Crippen LogP contribution in [0.1, 0.15) is 17.3 Å². The number of nitrogens with two attached hydrogens (primary N) is 1. The molecule has 0 atom stereocenters. The SMILES string of the molecule is CCOC(=O)/C(=C/N)C(=O)c1cc(F)c(F)c(F)c1F. The van der Waals surface area contributed by atoms with Crippen LogP contribution < -0.4 is 5.73 Å². The van der Waals surface area contributed by atoms with Gasteiger partial charge in [-0.15, -0.1) is 0 Å². The van der Waals surface area contributed by atoms with Crippen molar-refractivity contribution in [1.29, 1.82) is 0 Å². The fourth-order valence-electron chi connectivity index (χ4n) is 1.33. The van der Waals surface area contributed by atoms with E-state index in [0.29, 0.717) is 6.20 Å². The van der Waals surface area contributed by atoms with Crippen molar-refractivity contribution in [2.24, 2.45) is 5.73 Å². The summed E-state index contributed by atoms with van der Waals surface area (Å²) in [4.78, 5) is 23.1. The smallest absolute Gasteiger partial charge is 0.343 e. The Balaban J connectivity index is 3.31. The van der Waals surface area contributed by atoms with E-state index in [1.807, 2.05) is 0 Å². The first-order chi connectivity index (χ1) is 9.34. The van der Waals surface area contributed by atoms with Crippen LogP contribution >= 0.6 is 0 Å². The number of benzene rings is 1.